The minimum Gasteiger partial charge on any atom is -0.480 e. The molecular formula is C19H21FN2O4. The molecule has 1 saturated carbocycles. The molecule has 0 bridgehead atoms. The number of benzene rings is 1. The van der Waals surface area contributed by atoms with E-state index in [1.54, 1.807) is 0 Å². The van der Waals surface area contributed by atoms with Crippen LogP contribution in [0.2, 0.25) is 0 Å². The van der Waals surface area contributed by atoms with Crippen LogP contribution in [0.3, 0.4) is 0 Å². The molecule has 1 heterocycles. The number of carbonyl (C=O) groups is 2. The fraction of sp³-hybridized carbons (Fsp3) is 0.421. The summed E-state index contributed by atoms with van der Waals surface area (Å²) in [4.78, 5) is 28.3. The maximum Gasteiger partial charge on any atom is 0.329 e. The summed E-state index contributed by atoms with van der Waals surface area (Å²) in [5.41, 5.74) is -0.208. The van der Waals surface area contributed by atoms with Crippen molar-refractivity contribution < 1.29 is 23.5 Å². The van der Waals surface area contributed by atoms with Gasteiger partial charge >= 0.3 is 5.97 Å². The second kappa shape index (κ2) is 7.27. The highest BCUT2D eigenvalue weighted by molar-refractivity contribution is 5.88. The first-order chi connectivity index (χ1) is 12.4. The third-order valence-electron chi connectivity index (χ3n) is 4.90. The zero-order valence-electron chi connectivity index (χ0n) is 14.5. The molecule has 1 fully saturated rings. The minimum atomic E-state index is -1.20. The van der Waals surface area contributed by atoms with Crippen LogP contribution >= 0.6 is 0 Å². The standard InChI is InChI=1S/C19H21FN2O4/c1-12-6-8-19(9-7-12,18(24)25)22-16(23)10-15-11-26-17(21-15)13-2-4-14(20)5-3-13/h2-5,11-12H,6-10H2,1H3,(H,22,23)(H,24,25). The van der Waals surface area contributed by atoms with Gasteiger partial charge in [0.1, 0.15) is 17.6 Å². The molecule has 2 aromatic rings. The van der Waals surface area contributed by atoms with Crippen molar-refractivity contribution in [3.8, 4) is 11.5 Å². The average molecular weight is 360 g/mol. The van der Waals surface area contributed by atoms with Crippen LogP contribution in [0.1, 0.15) is 38.3 Å². The Kier molecular flexibility index (Phi) is 5.06. The molecule has 1 aliphatic carbocycles. The van der Waals surface area contributed by atoms with Gasteiger partial charge in [0, 0.05) is 5.56 Å². The first-order valence-electron chi connectivity index (χ1n) is 8.63. The van der Waals surface area contributed by atoms with E-state index in [1.165, 1.54) is 30.5 Å². The van der Waals surface area contributed by atoms with Crippen LogP contribution in [0.25, 0.3) is 11.5 Å². The number of rotatable bonds is 5. The van der Waals surface area contributed by atoms with Crippen molar-refractivity contribution >= 4 is 11.9 Å². The molecule has 3 rings (SSSR count). The van der Waals surface area contributed by atoms with Crippen molar-refractivity contribution in [2.24, 2.45) is 5.92 Å². The zero-order valence-corrected chi connectivity index (χ0v) is 14.5. The Labute approximate surface area is 150 Å². The van der Waals surface area contributed by atoms with Gasteiger partial charge in [0.2, 0.25) is 11.8 Å². The van der Waals surface area contributed by atoms with E-state index in [1.807, 2.05) is 0 Å². The Morgan fingerprint density at radius 2 is 1.96 bits per heavy atom. The number of carboxylic acid groups (broad SMARTS) is 1. The van der Waals surface area contributed by atoms with E-state index < -0.39 is 17.4 Å². The Morgan fingerprint density at radius 1 is 1.31 bits per heavy atom. The molecule has 2 N–H and O–H groups in total. The molecule has 6 nitrogen and oxygen atoms in total. The van der Waals surface area contributed by atoms with Crippen LogP contribution in [-0.2, 0) is 16.0 Å². The van der Waals surface area contributed by atoms with Gasteiger partial charge in [-0.05, 0) is 55.9 Å². The Morgan fingerprint density at radius 3 is 2.58 bits per heavy atom. The minimum absolute atomic E-state index is 0.0741. The second-order valence-corrected chi connectivity index (χ2v) is 6.95. The maximum atomic E-state index is 13.0. The van der Waals surface area contributed by atoms with Gasteiger partial charge in [-0.3, -0.25) is 4.79 Å². The number of halogens is 1. The number of amides is 1. The lowest BCUT2D eigenvalue weighted by atomic mass is 9.77. The number of carboxylic acids is 1. The van der Waals surface area contributed by atoms with Gasteiger partial charge in [0.05, 0.1) is 12.1 Å². The van der Waals surface area contributed by atoms with Crippen LogP contribution in [0, 0.1) is 11.7 Å². The lowest BCUT2D eigenvalue weighted by Gasteiger charge is -2.36. The van der Waals surface area contributed by atoms with Crippen molar-refractivity contribution in [1.82, 2.24) is 10.3 Å². The molecule has 1 aromatic carbocycles. The van der Waals surface area contributed by atoms with Gasteiger partial charge in [-0.1, -0.05) is 6.92 Å². The molecule has 1 amide bonds. The maximum absolute atomic E-state index is 13.0. The molecule has 0 unspecified atom stereocenters. The lowest BCUT2D eigenvalue weighted by Crippen LogP contribution is -2.56. The summed E-state index contributed by atoms with van der Waals surface area (Å²) in [6.45, 7) is 2.08. The third-order valence-corrected chi connectivity index (χ3v) is 4.90. The highest BCUT2D eigenvalue weighted by atomic mass is 19.1. The van der Waals surface area contributed by atoms with E-state index in [9.17, 15) is 19.1 Å². The average Bonchev–Trinajstić information content (AvgIpc) is 3.06. The number of aliphatic carboxylic acids is 1. The summed E-state index contributed by atoms with van der Waals surface area (Å²) in [5, 5.41) is 12.3. The predicted molar refractivity (Wildman–Crippen MR) is 91.7 cm³/mol. The summed E-state index contributed by atoms with van der Waals surface area (Å²) in [5.74, 6) is -1.01. The fourth-order valence-electron chi connectivity index (χ4n) is 3.24. The number of nitrogens with one attached hydrogen (secondary N) is 1. The summed E-state index contributed by atoms with van der Waals surface area (Å²) < 4.78 is 18.3. The van der Waals surface area contributed by atoms with Crippen LogP contribution in [-0.4, -0.2) is 27.5 Å². The number of carbonyl (C=O) groups excluding carboxylic acids is 1. The van der Waals surface area contributed by atoms with Crippen LogP contribution in [0.5, 0.6) is 0 Å². The van der Waals surface area contributed by atoms with E-state index in [0.29, 0.717) is 30.0 Å². The van der Waals surface area contributed by atoms with Gasteiger partial charge < -0.3 is 14.8 Å². The van der Waals surface area contributed by atoms with Gasteiger partial charge in [-0.15, -0.1) is 0 Å². The molecule has 1 aromatic heterocycles. The van der Waals surface area contributed by atoms with E-state index in [-0.39, 0.29) is 18.1 Å². The van der Waals surface area contributed by atoms with Gasteiger partial charge in [0.25, 0.3) is 0 Å². The molecule has 26 heavy (non-hydrogen) atoms. The first-order valence-corrected chi connectivity index (χ1v) is 8.63. The number of nitrogens with zero attached hydrogens (tertiary/aromatic N) is 1. The molecule has 0 saturated heterocycles. The van der Waals surface area contributed by atoms with E-state index in [4.69, 9.17) is 4.42 Å². The van der Waals surface area contributed by atoms with E-state index in [2.05, 4.69) is 17.2 Å². The van der Waals surface area contributed by atoms with Crippen LogP contribution < -0.4 is 5.32 Å². The highest BCUT2D eigenvalue weighted by Gasteiger charge is 2.42. The Balaban J connectivity index is 1.66. The highest BCUT2D eigenvalue weighted by Crippen LogP contribution is 2.32. The fourth-order valence-corrected chi connectivity index (χ4v) is 3.24. The van der Waals surface area contributed by atoms with Gasteiger partial charge in [0.15, 0.2) is 0 Å². The molecule has 0 radical (unpaired) electrons. The number of aromatic nitrogens is 1. The Hall–Kier alpha value is -2.70. The molecule has 0 atom stereocenters. The quantitative estimate of drug-likeness (QED) is 0.854. The Bertz CT molecular complexity index is 792. The normalized spacial score (nSPS) is 22.8. The van der Waals surface area contributed by atoms with Gasteiger partial charge in [-0.25, -0.2) is 14.2 Å². The molecule has 138 valence electrons. The molecule has 0 spiro atoms. The summed E-state index contributed by atoms with van der Waals surface area (Å²) in [6.07, 6.45) is 3.67. The predicted octanol–water partition coefficient (Wildman–Crippen LogP) is 3.17. The number of hydrogen-bond acceptors (Lipinski definition) is 4. The number of oxazole rings is 1. The third kappa shape index (κ3) is 3.92. The zero-order chi connectivity index (χ0) is 18.7. The summed E-state index contributed by atoms with van der Waals surface area (Å²) >= 11 is 0. The summed E-state index contributed by atoms with van der Waals surface area (Å²) in [7, 11) is 0. The van der Waals surface area contributed by atoms with E-state index in [0.717, 1.165) is 12.8 Å². The number of hydrogen-bond donors (Lipinski definition) is 2. The molecule has 7 heteroatoms. The van der Waals surface area contributed by atoms with Crippen molar-refractivity contribution in [2.75, 3.05) is 0 Å². The smallest absolute Gasteiger partial charge is 0.329 e. The van der Waals surface area contributed by atoms with E-state index >= 15 is 0 Å². The SMILES string of the molecule is CC1CCC(NC(=O)Cc2coc(-c3ccc(F)cc3)n2)(C(=O)O)CC1. The van der Waals surface area contributed by atoms with Crippen molar-refractivity contribution in [3.05, 3.63) is 42.0 Å². The topological polar surface area (TPSA) is 92.4 Å². The lowest BCUT2D eigenvalue weighted by molar-refractivity contribution is -0.149. The first kappa shape index (κ1) is 18.1. The van der Waals surface area contributed by atoms with Crippen LogP contribution in [0.4, 0.5) is 4.39 Å². The summed E-state index contributed by atoms with van der Waals surface area (Å²) in [6, 6.07) is 5.67. The van der Waals surface area contributed by atoms with Crippen molar-refractivity contribution in [3.63, 3.8) is 0 Å². The van der Waals surface area contributed by atoms with Crippen molar-refractivity contribution in [2.45, 2.75) is 44.6 Å². The largest absolute Gasteiger partial charge is 0.480 e. The molecular weight excluding hydrogens is 339 g/mol. The molecule has 0 aliphatic heterocycles. The molecule has 1 aliphatic rings. The van der Waals surface area contributed by atoms with Gasteiger partial charge in [-0.2, -0.15) is 0 Å². The monoisotopic (exact) mass is 360 g/mol. The van der Waals surface area contributed by atoms with Crippen molar-refractivity contribution in [1.29, 1.82) is 0 Å². The van der Waals surface area contributed by atoms with Crippen LogP contribution in [0.15, 0.2) is 34.9 Å². The second-order valence-electron chi connectivity index (χ2n) is 6.95.